The van der Waals surface area contributed by atoms with Crippen LogP contribution in [0.3, 0.4) is 0 Å². The standard InChI is InChI=1S/C11H24N2O3S/c1-11(2,13-17(3,14)15)9-12-10-5-4-7-16-8-6-10/h10,12-13H,4-9H2,1-3H3. The second-order valence-corrected chi connectivity index (χ2v) is 7.13. The first kappa shape index (κ1) is 14.9. The third kappa shape index (κ3) is 6.98. The highest BCUT2D eigenvalue weighted by atomic mass is 32.2. The van der Waals surface area contributed by atoms with E-state index < -0.39 is 15.6 Å². The molecule has 1 rings (SSSR count). The fraction of sp³-hybridized carbons (Fsp3) is 1.00. The summed E-state index contributed by atoms with van der Waals surface area (Å²) in [6.45, 7) is 6.02. The molecule has 0 spiro atoms. The van der Waals surface area contributed by atoms with Crippen molar-refractivity contribution in [3.8, 4) is 0 Å². The molecule has 17 heavy (non-hydrogen) atoms. The van der Waals surface area contributed by atoms with Crippen LogP contribution >= 0.6 is 0 Å². The van der Waals surface area contributed by atoms with Crippen LogP contribution in [-0.4, -0.2) is 46.0 Å². The number of hydrogen-bond donors (Lipinski definition) is 2. The van der Waals surface area contributed by atoms with Crippen LogP contribution in [0.5, 0.6) is 0 Å². The fourth-order valence-corrected chi connectivity index (χ4v) is 3.12. The molecule has 0 saturated carbocycles. The van der Waals surface area contributed by atoms with Gasteiger partial charge in [0.1, 0.15) is 0 Å². The van der Waals surface area contributed by atoms with Gasteiger partial charge in [0.2, 0.25) is 10.0 Å². The maximum absolute atomic E-state index is 11.2. The summed E-state index contributed by atoms with van der Waals surface area (Å²) in [4.78, 5) is 0. The van der Waals surface area contributed by atoms with Crippen LogP contribution in [-0.2, 0) is 14.8 Å². The number of rotatable bonds is 5. The van der Waals surface area contributed by atoms with Crippen molar-refractivity contribution in [3.05, 3.63) is 0 Å². The first-order valence-corrected chi connectivity index (χ1v) is 7.98. The Morgan fingerprint density at radius 1 is 1.29 bits per heavy atom. The molecule has 1 aliphatic rings. The number of sulfonamides is 1. The summed E-state index contributed by atoms with van der Waals surface area (Å²) in [6, 6.07) is 0.429. The average Bonchev–Trinajstić information content (AvgIpc) is 2.38. The molecule has 0 amide bonds. The van der Waals surface area contributed by atoms with Gasteiger partial charge in [-0.3, -0.25) is 0 Å². The van der Waals surface area contributed by atoms with Crippen LogP contribution in [0.15, 0.2) is 0 Å². The second-order valence-electron chi connectivity index (χ2n) is 5.38. The Morgan fingerprint density at radius 2 is 2.00 bits per heavy atom. The molecule has 1 fully saturated rings. The Kier molecular flexibility index (Phi) is 5.37. The van der Waals surface area contributed by atoms with Crippen LogP contribution in [0.25, 0.3) is 0 Å². The molecule has 2 N–H and O–H groups in total. The molecule has 1 unspecified atom stereocenters. The van der Waals surface area contributed by atoms with Gasteiger partial charge >= 0.3 is 0 Å². The average molecular weight is 264 g/mol. The lowest BCUT2D eigenvalue weighted by atomic mass is 10.0. The Labute approximate surface area is 104 Å². The summed E-state index contributed by atoms with van der Waals surface area (Å²) in [5, 5.41) is 3.42. The van der Waals surface area contributed by atoms with Crippen LogP contribution in [0, 0.1) is 0 Å². The smallest absolute Gasteiger partial charge is 0.209 e. The maximum Gasteiger partial charge on any atom is 0.209 e. The Bertz CT molecular complexity index is 320. The van der Waals surface area contributed by atoms with Crippen molar-refractivity contribution in [2.75, 3.05) is 26.0 Å². The lowest BCUT2D eigenvalue weighted by Gasteiger charge is -2.28. The van der Waals surface area contributed by atoms with E-state index in [4.69, 9.17) is 4.74 Å². The highest BCUT2D eigenvalue weighted by molar-refractivity contribution is 7.88. The topological polar surface area (TPSA) is 67.4 Å². The molecule has 0 aromatic heterocycles. The summed E-state index contributed by atoms with van der Waals surface area (Å²) in [5.74, 6) is 0. The summed E-state index contributed by atoms with van der Waals surface area (Å²) in [5.41, 5.74) is -0.458. The first-order chi connectivity index (χ1) is 7.79. The Balaban J connectivity index is 2.37. The molecular formula is C11H24N2O3S. The van der Waals surface area contributed by atoms with Crippen molar-refractivity contribution >= 4 is 10.0 Å². The normalized spacial score (nSPS) is 23.4. The van der Waals surface area contributed by atoms with Gasteiger partial charge in [-0.15, -0.1) is 0 Å². The minimum atomic E-state index is -3.16. The predicted octanol–water partition coefficient (Wildman–Crippen LogP) is 0.473. The third-order valence-corrected chi connectivity index (χ3v) is 3.67. The lowest BCUT2D eigenvalue weighted by Crippen LogP contribution is -2.51. The monoisotopic (exact) mass is 264 g/mol. The van der Waals surface area contributed by atoms with E-state index in [2.05, 4.69) is 10.0 Å². The summed E-state index contributed by atoms with van der Waals surface area (Å²) in [6.07, 6.45) is 4.34. The predicted molar refractivity (Wildman–Crippen MR) is 68.5 cm³/mol. The molecule has 102 valence electrons. The van der Waals surface area contributed by atoms with E-state index in [-0.39, 0.29) is 0 Å². The van der Waals surface area contributed by atoms with Gasteiger partial charge in [0.25, 0.3) is 0 Å². The van der Waals surface area contributed by atoms with E-state index in [9.17, 15) is 8.42 Å². The maximum atomic E-state index is 11.2. The molecule has 0 aromatic carbocycles. The molecular weight excluding hydrogens is 240 g/mol. The molecule has 1 saturated heterocycles. The zero-order valence-electron chi connectivity index (χ0n) is 11.0. The van der Waals surface area contributed by atoms with Gasteiger partial charge in [0.05, 0.1) is 6.26 Å². The largest absolute Gasteiger partial charge is 0.381 e. The van der Waals surface area contributed by atoms with E-state index in [1.54, 1.807) is 0 Å². The molecule has 0 bridgehead atoms. The summed E-state index contributed by atoms with van der Waals surface area (Å²) in [7, 11) is -3.16. The Morgan fingerprint density at radius 3 is 2.65 bits per heavy atom. The van der Waals surface area contributed by atoms with Gasteiger partial charge in [-0.05, 0) is 33.1 Å². The number of hydrogen-bond acceptors (Lipinski definition) is 4. The SMILES string of the molecule is CC(C)(CNC1CCCOCC1)NS(C)(=O)=O. The van der Waals surface area contributed by atoms with Crippen molar-refractivity contribution in [1.82, 2.24) is 10.0 Å². The van der Waals surface area contributed by atoms with Gasteiger partial charge in [-0.25, -0.2) is 13.1 Å². The van der Waals surface area contributed by atoms with Crippen molar-refractivity contribution in [1.29, 1.82) is 0 Å². The molecule has 0 aromatic rings. The van der Waals surface area contributed by atoms with E-state index in [1.165, 1.54) is 6.26 Å². The van der Waals surface area contributed by atoms with Crippen molar-refractivity contribution < 1.29 is 13.2 Å². The Hall–Kier alpha value is -0.170. The zero-order valence-corrected chi connectivity index (χ0v) is 11.8. The summed E-state index contributed by atoms with van der Waals surface area (Å²) < 4.78 is 30.4. The van der Waals surface area contributed by atoms with E-state index in [1.807, 2.05) is 13.8 Å². The summed E-state index contributed by atoms with van der Waals surface area (Å²) >= 11 is 0. The van der Waals surface area contributed by atoms with Crippen LogP contribution in [0.1, 0.15) is 33.1 Å². The molecule has 1 aliphatic heterocycles. The number of nitrogens with one attached hydrogen (secondary N) is 2. The minimum Gasteiger partial charge on any atom is -0.381 e. The van der Waals surface area contributed by atoms with Crippen molar-refractivity contribution in [2.45, 2.75) is 44.7 Å². The van der Waals surface area contributed by atoms with Crippen LogP contribution < -0.4 is 10.0 Å². The first-order valence-electron chi connectivity index (χ1n) is 6.09. The van der Waals surface area contributed by atoms with Crippen molar-refractivity contribution in [3.63, 3.8) is 0 Å². The van der Waals surface area contributed by atoms with Crippen molar-refractivity contribution in [2.24, 2.45) is 0 Å². The van der Waals surface area contributed by atoms with Gasteiger partial charge < -0.3 is 10.1 Å². The molecule has 0 radical (unpaired) electrons. The molecule has 1 atom stereocenters. The lowest BCUT2D eigenvalue weighted by molar-refractivity contribution is 0.142. The quantitative estimate of drug-likeness (QED) is 0.757. The number of ether oxygens (including phenoxy) is 1. The van der Waals surface area contributed by atoms with E-state index in [0.717, 1.165) is 32.5 Å². The highest BCUT2D eigenvalue weighted by Gasteiger charge is 2.23. The van der Waals surface area contributed by atoms with Gasteiger partial charge in [0.15, 0.2) is 0 Å². The molecule has 6 heteroatoms. The molecule has 0 aliphatic carbocycles. The van der Waals surface area contributed by atoms with Gasteiger partial charge in [-0.2, -0.15) is 0 Å². The van der Waals surface area contributed by atoms with Gasteiger partial charge in [-0.1, -0.05) is 0 Å². The zero-order chi connectivity index (χ0) is 12.9. The van der Waals surface area contributed by atoms with Gasteiger partial charge in [0, 0.05) is 31.3 Å². The third-order valence-electron chi connectivity index (χ3n) is 2.75. The van der Waals surface area contributed by atoms with Crippen LogP contribution in [0.4, 0.5) is 0 Å². The highest BCUT2D eigenvalue weighted by Crippen LogP contribution is 2.10. The molecule has 1 heterocycles. The fourth-order valence-electron chi connectivity index (χ4n) is 2.05. The van der Waals surface area contributed by atoms with E-state index >= 15 is 0 Å². The molecule has 5 nitrogen and oxygen atoms in total. The minimum absolute atomic E-state index is 0.429. The van der Waals surface area contributed by atoms with E-state index in [0.29, 0.717) is 12.6 Å². The van der Waals surface area contributed by atoms with Crippen LogP contribution in [0.2, 0.25) is 0 Å². The second kappa shape index (κ2) is 6.13.